The van der Waals surface area contributed by atoms with Crippen LogP contribution in [0.1, 0.15) is 22.2 Å². The molecule has 1 unspecified atom stereocenters. The maximum atomic E-state index is 11.7. The molecule has 1 atom stereocenters. The highest BCUT2D eigenvalue weighted by atomic mass is 32.1. The summed E-state index contributed by atoms with van der Waals surface area (Å²) in [6.07, 6.45) is 0. The number of hydrogen-bond donors (Lipinski definition) is 2. The molecule has 0 aliphatic heterocycles. The van der Waals surface area contributed by atoms with Gasteiger partial charge in [0.05, 0.1) is 11.5 Å². The van der Waals surface area contributed by atoms with Gasteiger partial charge in [-0.2, -0.15) is 0 Å². The van der Waals surface area contributed by atoms with Crippen molar-refractivity contribution in [1.29, 1.82) is 0 Å². The van der Waals surface area contributed by atoms with Crippen LogP contribution in [-0.4, -0.2) is 36.9 Å². The highest BCUT2D eigenvalue weighted by Crippen LogP contribution is 2.13. The van der Waals surface area contributed by atoms with Crippen molar-refractivity contribution in [2.75, 3.05) is 20.3 Å². The SMILES string of the molecule is COCC(C)(O)CNC(=O)c1cc(C)cs1. The van der Waals surface area contributed by atoms with Gasteiger partial charge in [0, 0.05) is 13.7 Å². The van der Waals surface area contributed by atoms with Crippen molar-refractivity contribution in [2.45, 2.75) is 19.4 Å². The second kappa shape index (κ2) is 5.43. The predicted octanol–water partition coefficient (Wildman–Crippen LogP) is 1.18. The zero-order chi connectivity index (χ0) is 12.2. The van der Waals surface area contributed by atoms with Crippen LogP contribution in [0.5, 0.6) is 0 Å². The molecule has 16 heavy (non-hydrogen) atoms. The first-order valence-corrected chi connectivity index (χ1v) is 5.87. The first kappa shape index (κ1) is 13.2. The van der Waals surface area contributed by atoms with Gasteiger partial charge in [-0.25, -0.2) is 0 Å². The van der Waals surface area contributed by atoms with Crippen molar-refractivity contribution in [1.82, 2.24) is 5.32 Å². The second-order valence-electron chi connectivity index (χ2n) is 4.10. The van der Waals surface area contributed by atoms with Crippen molar-refractivity contribution in [3.8, 4) is 0 Å². The van der Waals surface area contributed by atoms with E-state index in [2.05, 4.69) is 5.32 Å². The van der Waals surface area contributed by atoms with Gasteiger partial charge in [0.15, 0.2) is 0 Å². The first-order chi connectivity index (χ1) is 7.44. The highest BCUT2D eigenvalue weighted by Gasteiger charge is 2.21. The number of hydrogen-bond acceptors (Lipinski definition) is 4. The van der Waals surface area contributed by atoms with E-state index in [1.165, 1.54) is 18.4 Å². The minimum Gasteiger partial charge on any atom is -0.386 e. The summed E-state index contributed by atoms with van der Waals surface area (Å²) in [6, 6.07) is 1.82. The zero-order valence-electron chi connectivity index (χ0n) is 9.74. The molecular weight excluding hydrogens is 226 g/mol. The molecule has 2 N–H and O–H groups in total. The number of nitrogens with one attached hydrogen (secondary N) is 1. The minimum absolute atomic E-state index is 0.158. The molecule has 4 nitrogen and oxygen atoms in total. The third-order valence-electron chi connectivity index (χ3n) is 2.04. The number of carbonyl (C=O) groups excluding carboxylic acids is 1. The molecule has 0 aliphatic carbocycles. The van der Waals surface area contributed by atoms with E-state index in [9.17, 15) is 9.90 Å². The Labute approximate surface area is 99.2 Å². The number of aryl methyl sites for hydroxylation is 1. The number of ether oxygens (including phenoxy) is 1. The van der Waals surface area contributed by atoms with Crippen molar-refractivity contribution in [3.63, 3.8) is 0 Å². The normalized spacial score (nSPS) is 14.5. The topological polar surface area (TPSA) is 58.6 Å². The van der Waals surface area contributed by atoms with E-state index >= 15 is 0 Å². The third kappa shape index (κ3) is 3.92. The summed E-state index contributed by atoms with van der Waals surface area (Å²) in [5.41, 5.74) is 0.0373. The van der Waals surface area contributed by atoms with Crippen LogP contribution in [0.4, 0.5) is 0 Å². The summed E-state index contributed by atoms with van der Waals surface area (Å²) >= 11 is 1.40. The number of amides is 1. The van der Waals surface area contributed by atoms with Crippen molar-refractivity contribution in [3.05, 3.63) is 21.9 Å². The molecule has 0 saturated carbocycles. The molecule has 0 aromatic carbocycles. The Morgan fingerprint density at radius 2 is 2.38 bits per heavy atom. The molecule has 1 aromatic heterocycles. The predicted molar refractivity (Wildman–Crippen MR) is 63.9 cm³/mol. The number of carbonyl (C=O) groups is 1. The van der Waals surface area contributed by atoms with Crippen molar-refractivity contribution in [2.24, 2.45) is 0 Å². The van der Waals surface area contributed by atoms with Crippen LogP contribution >= 0.6 is 11.3 Å². The van der Waals surface area contributed by atoms with E-state index in [0.29, 0.717) is 4.88 Å². The van der Waals surface area contributed by atoms with Crippen LogP contribution in [0.2, 0.25) is 0 Å². The van der Waals surface area contributed by atoms with Crippen LogP contribution in [0, 0.1) is 6.92 Å². The lowest BCUT2D eigenvalue weighted by molar-refractivity contribution is -0.0146. The van der Waals surface area contributed by atoms with Gasteiger partial charge in [-0.1, -0.05) is 0 Å². The molecule has 1 amide bonds. The first-order valence-electron chi connectivity index (χ1n) is 4.99. The van der Waals surface area contributed by atoms with Crippen LogP contribution in [-0.2, 0) is 4.74 Å². The van der Waals surface area contributed by atoms with Crippen molar-refractivity contribution < 1.29 is 14.6 Å². The van der Waals surface area contributed by atoms with Gasteiger partial charge in [-0.3, -0.25) is 4.79 Å². The van der Waals surface area contributed by atoms with Crippen molar-refractivity contribution >= 4 is 17.2 Å². The summed E-state index contributed by atoms with van der Waals surface area (Å²) in [5, 5.41) is 14.4. The standard InChI is InChI=1S/C11H17NO3S/c1-8-4-9(16-5-8)10(13)12-6-11(2,14)7-15-3/h4-5,14H,6-7H2,1-3H3,(H,12,13). The maximum Gasteiger partial charge on any atom is 0.261 e. The molecule has 0 radical (unpaired) electrons. The molecule has 0 spiro atoms. The number of rotatable bonds is 5. The Balaban J connectivity index is 2.47. The summed E-state index contributed by atoms with van der Waals surface area (Å²) in [6.45, 7) is 3.93. The van der Waals surface area contributed by atoms with Gasteiger partial charge >= 0.3 is 0 Å². The van der Waals surface area contributed by atoms with E-state index in [4.69, 9.17) is 4.74 Å². The Morgan fingerprint density at radius 1 is 1.69 bits per heavy atom. The smallest absolute Gasteiger partial charge is 0.261 e. The Kier molecular flexibility index (Phi) is 4.46. The van der Waals surface area contributed by atoms with E-state index < -0.39 is 5.60 Å². The molecule has 0 fully saturated rings. The summed E-state index contributed by atoms with van der Waals surface area (Å²) < 4.78 is 4.85. The Morgan fingerprint density at radius 3 is 2.88 bits per heavy atom. The van der Waals surface area contributed by atoms with Gasteiger partial charge in [0.25, 0.3) is 5.91 Å². The maximum absolute atomic E-state index is 11.7. The molecule has 1 heterocycles. The van der Waals surface area contributed by atoms with E-state index in [-0.39, 0.29) is 19.1 Å². The summed E-state index contributed by atoms with van der Waals surface area (Å²) in [7, 11) is 1.51. The monoisotopic (exact) mass is 243 g/mol. The minimum atomic E-state index is -1.03. The van der Waals surface area contributed by atoms with Gasteiger partial charge in [-0.15, -0.1) is 11.3 Å². The van der Waals surface area contributed by atoms with Crippen LogP contribution < -0.4 is 5.32 Å². The van der Waals surface area contributed by atoms with Gasteiger partial charge in [-0.05, 0) is 30.9 Å². The van der Waals surface area contributed by atoms with Gasteiger partial charge < -0.3 is 15.2 Å². The molecule has 0 bridgehead atoms. The Bertz CT molecular complexity index is 360. The van der Waals surface area contributed by atoms with Crippen LogP contribution in [0.3, 0.4) is 0 Å². The molecular formula is C11H17NO3S. The Hall–Kier alpha value is -0.910. The largest absolute Gasteiger partial charge is 0.386 e. The fourth-order valence-corrected chi connectivity index (χ4v) is 2.08. The third-order valence-corrected chi connectivity index (χ3v) is 3.09. The van der Waals surface area contributed by atoms with Gasteiger partial charge in [0.1, 0.15) is 5.60 Å². The quantitative estimate of drug-likeness (QED) is 0.816. The molecule has 0 saturated heterocycles. The average molecular weight is 243 g/mol. The average Bonchev–Trinajstić information content (AvgIpc) is 2.61. The summed E-state index contributed by atoms with van der Waals surface area (Å²) in [4.78, 5) is 12.3. The lowest BCUT2D eigenvalue weighted by atomic mass is 10.1. The summed E-state index contributed by atoms with van der Waals surface area (Å²) in [5.74, 6) is -0.158. The molecule has 5 heteroatoms. The van der Waals surface area contributed by atoms with E-state index in [0.717, 1.165) is 5.56 Å². The molecule has 1 aromatic rings. The number of thiophene rings is 1. The lowest BCUT2D eigenvalue weighted by Crippen LogP contribution is -2.43. The number of methoxy groups -OCH3 is 1. The van der Waals surface area contributed by atoms with Gasteiger partial charge in [0.2, 0.25) is 0 Å². The van der Waals surface area contributed by atoms with E-state index in [1.807, 2.05) is 18.4 Å². The lowest BCUT2D eigenvalue weighted by Gasteiger charge is -2.22. The fraction of sp³-hybridized carbons (Fsp3) is 0.545. The van der Waals surface area contributed by atoms with E-state index in [1.54, 1.807) is 6.92 Å². The zero-order valence-corrected chi connectivity index (χ0v) is 10.6. The second-order valence-corrected chi connectivity index (χ2v) is 5.01. The molecule has 1 rings (SSSR count). The van der Waals surface area contributed by atoms with Crippen LogP contribution in [0.25, 0.3) is 0 Å². The van der Waals surface area contributed by atoms with Crippen LogP contribution in [0.15, 0.2) is 11.4 Å². The molecule has 0 aliphatic rings. The molecule has 90 valence electrons. The fourth-order valence-electron chi connectivity index (χ4n) is 1.27. The number of aliphatic hydroxyl groups is 1. The highest BCUT2D eigenvalue weighted by molar-refractivity contribution is 7.12.